The van der Waals surface area contributed by atoms with Crippen molar-refractivity contribution in [1.29, 1.82) is 0 Å². The number of anilines is 2. The first kappa shape index (κ1) is 20.1. The van der Waals surface area contributed by atoms with E-state index in [4.69, 9.17) is 15.5 Å². The fourth-order valence-electron chi connectivity index (χ4n) is 3.32. The van der Waals surface area contributed by atoms with E-state index in [0.29, 0.717) is 34.9 Å². The number of para-hydroxylation sites is 1. The first-order valence-electron chi connectivity index (χ1n) is 9.67. The van der Waals surface area contributed by atoms with E-state index in [1.165, 1.54) is 7.11 Å². The van der Waals surface area contributed by atoms with Crippen LogP contribution in [0.25, 0.3) is 17.0 Å². The van der Waals surface area contributed by atoms with Crippen molar-refractivity contribution in [2.45, 2.75) is 6.54 Å². The maximum Gasteiger partial charge on any atom is 0.304 e. The van der Waals surface area contributed by atoms with Gasteiger partial charge in [0.15, 0.2) is 5.82 Å². The molecule has 4 aromatic rings. The number of amides is 1. The lowest BCUT2D eigenvalue weighted by Crippen LogP contribution is -2.16. The van der Waals surface area contributed by atoms with Crippen molar-refractivity contribution < 1.29 is 9.53 Å². The maximum atomic E-state index is 11.8. The zero-order valence-corrected chi connectivity index (χ0v) is 17.5. The second kappa shape index (κ2) is 8.31. The highest BCUT2D eigenvalue weighted by Crippen LogP contribution is 2.29. The number of hydrogen-bond acceptors (Lipinski definition) is 7. The van der Waals surface area contributed by atoms with Crippen LogP contribution >= 0.6 is 0 Å². The molecule has 1 amide bonds. The van der Waals surface area contributed by atoms with Gasteiger partial charge >= 0.3 is 6.01 Å². The Balaban J connectivity index is 1.82. The summed E-state index contributed by atoms with van der Waals surface area (Å²) in [5.74, 6) is 0.461. The molecule has 0 fully saturated rings. The Morgan fingerprint density at radius 2 is 1.90 bits per heavy atom. The van der Waals surface area contributed by atoms with Gasteiger partial charge in [0.1, 0.15) is 5.52 Å². The van der Waals surface area contributed by atoms with Gasteiger partial charge in [-0.05, 0) is 17.7 Å². The number of benzene rings is 2. The smallest absolute Gasteiger partial charge is 0.304 e. The number of fused-ring (bicyclic) bond motifs is 1. The zero-order chi connectivity index (χ0) is 22.0. The van der Waals surface area contributed by atoms with Gasteiger partial charge in [0.2, 0.25) is 5.95 Å². The summed E-state index contributed by atoms with van der Waals surface area (Å²) in [5, 5.41) is 3.39. The number of nitrogens with two attached hydrogens (primary N) is 1. The largest absolute Gasteiger partial charge is 0.468 e. The molecule has 0 unspecified atom stereocenters. The van der Waals surface area contributed by atoms with E-state index in [0.717, 1.165) is 11.3 Å². The normalized spacial score (nSPS) is 10.8. The lowest BCUT2D eigenvalue weighted by atomic mass is 10.2. The molecule has 2 aromatic heterocycles. The van der Waals surface area contributed by atoms with E-state index in [1.54, 1.807) is 22.9 Å². The third kappa shape index (κ3) is 3.85. The second-order valence-electron chi connectivity index (χ2n) is 7.11. The van der Waals surface area contributed by atoms with Gasteiger partial charge in [-0.25, -0.2) is 9.55 Å². The lowest BCUT2D eigenvalue weighted by Gasteiger charge is -2.18. The van der Waals surface area contributed by atoms with E-state index < -0.39 is 5.91 Å². The lowest BCUT2D eigenvalue weighted by molar-refractivity contribution is 0.100. The highest BCUT2D eigenvalue weighted by molar-refractivity contribution is 6.04. The third-order valence-electron chi connectivity index (χ3n) is 4.84. The highest BCUT2D eigenvalue weighted by Gasteiger charge is 2.20. The summed E-state index contributed by atoms with van der Waals surface area (Å²) >= 11 is 0. The van der Waals surface area contributed by atoms with Gasteiger partial charge in [0.05, 0.1) is 30.1 Å². The minimum Gasteiger partial charge on any atom is -0.468 e. The predicted octanol–water partition coefficient (Wildman–Crippen LogP) is 2.60. The number of primary amides is 1. The van der Waals surface area contributed by atoms with Gasteiger partial charge in [0, 0.05) is 20.6 Å². The molecule has 0 radical (unpaired) electrons. The minimum absolute atomic E-state index is 0.260. The van der Waals surface area contributed by atoms with Gasteiger partial charge in [-0.2, -0.15) is 9.97 Å². The molecule has 158 valence electrons. The van der Waals surface area contributed by atoms with Crippen LogP contribution in [0.5, 0.6) is 6.01 Å². The summed E-state index contributed by atoms with van der Waals surface area (Å²) in [5.41, 5.74) is 8.85. The van der Waals surface area contributed by atoms with Crippen molar-refractivity contribution in [3.63, 3.8) is 0 Å². The molecule has 0 bridgehead atoms. The monoisotopic (exact) mass is 417 g/mol. The summed E-state index contributed by atoms with van der Waals surface area (Å²) in [7, 11) is 5.36. The highest BCUT2D eigenvalue weighted by atomic mass is 16.5. The Labute approximate surface area is 179 Å². The molecule has 0 atom stereocenters. The molecule has 2 aromatic carbocycles. The number of aromatic nitrogens is 4. The van der Waals surface area contributed by atoms with Crippen LogP contribution in [0.3, 0.4) is 0 Å². The van der Waals surface area contributed by atoms with Crippen molar-refractivity contribution in [3.8, 4) is 12.0 Å². The molecular formula is C22H23N7O2. The van der Waals surface area contributed by atoms with Gasteiger partial charge in [0.25, 0.3) is 5.91 Å². The van der Waals surface area contributed by atoms with Gasteiger partial charge in [-0.3, -0.25) is 4.79 Å². The standard InChI is InChI=1S/C22H23N7O2/c1-28(2)17-13-25-21(27-20(17)24-12-14-8-5-4-6-9-14)29-16-11-7-10-15(19(23)30)18(16)26-22(29)31-3/h4-11,13H,12H2,1-3H3,(H2,23,30)(H,24,25,27). The number of imidazole rings is 1. The average molecular weight is 417 g/mol. The Hall–Kier alpha value is -4.14. The molecule has 3 N–H and O–H groups in total. The van der Waals surface area contributed by atoms with Crippen LogP contribution in [0.1, 0.15) is 15.9 Å². The molecule has 0 spiro atoms. The van der Waals surface area contributed by atoms with Crippen molar-refractivity contribution in [2.75, 3.05) is 31.4 Å². The van der Waals surface area contributed by atoms with Crippen molar-refractivity contribution in [1.82, 2.24) is 19.5 Å². The Bertz CT molecular complexity index is 1240. The Morgan fingerprint density at radius 1 is 1.13 bits per heavy atom. The Morgan fingerprint density at radius 3 is 2.58 bits per heavy atom. The molecule has 0 aliphatic rings. The molecule has 31 heavy (non-hydrogen) atoms. The van der Waals surface area contributed by atoms with Crippen molar-refractivity contribution >= 4 is 28.4 Å². The van der Waals surface area contributed by atoms with E-state index in [-0.39, 0.29) is 6.01 Å². The molecule has 0 aliphatic carbocycles. The number of carbonyl (C=O) groups is 1. The summed E-state index contributed by atoms with van der Waals surface area (Å²) in [6, 6.07) is 15.5. The predicted molar refractivity (Wildman–Crippen MR) is 120 cm³/mol. The van der Waals surface area contributed by atoms with Crippen LogP contribution in [0.2, 0.25) is 0 Å². The topological polar surface area (TPSA) is 111 Å². The van der Waals surface area contributed by atoms with Gasteiger partial charge < -0.3 is 20.7 Å². The molecule has 0 aliphatic heterocycles. The number of rotatable bonds is 7. The van der Waals surface area contributed by atoms with Crippen molar-refractivity contribution in [2.24, 2.45) is 5.73 Å². The van der Waals surface area contributed by atoms with Crippen LogP contribution in [0.4, 0.5) is 11.5 Å². The second-order valence-corrected chi connectivity index (χ2v) is 7.11. The first-order valence-corrected chi connectivity index (χ1v) is 9.67. The summed E-state index contributed by atoms with van der Waals surface area (Å²) in [4.78, 5) is 27.5. The molecule has 0 saturated carbocycles. The number of hydrogen-bond donors (Lipinski definition) is 2. The molecular weight excluding hydrogens is 394 g/mol. The van der Waals surface area contributed by atoms with Gasteiger partial charge in [-0.15, -0.1) is 0 Å². The molecule has 9 heteroatoms. The van der Waals surface area contributed by atoms with E-state index in [2.05, 4.69) is 15.3 Å². The summed E-state index contributed by atoms with van der Waals surface area (Å²) < 4.78 is 7.12. The number of ether oxygens (including phenoxy) is 1. The molecule has 2 heterocycles. The minimum atomic E-state index is -0.563. The average Bonchev–Trinajstić information content (AvgIpc) is 3.16. The van der Waals surface area contributed by atoms with E-state index >= 15 is 0 Å². The molecule has 0 saturated heterocycles. The molecule has 9 nitrogen and oxygen atoms in total. The quantitative estimate of drug-likeness (QED) is 0.475. The number of carbonyl (C=O) groups excluding carboxylic acids is 1. The zero-order valence-electron chi connectivity index (χ0n) is 17.5. The fourth-order valence-corrected chi connectivity index (χ4v) is 3.32. The SMILES string of the molecule is COc1nc2c(C(N)=O)cccc2n1-c1ncc(N(C)C)c(NCc2ccccc2)n1. The first-order chi connectivity index (χ1) is 15.0. The van der Waals surface area contributed by atoms with Crippen LogP contribution in [-0.2, 0) is 6.54 Å². The van der Waals surface area contributed by atoms with Crippen LogP contribution in [0.15, 0.2) is 54.7 Å². The fraction of sp³-hybridized carbons (Fsp3) is 0.182. The number of methoxy groups -OCH3 is 1. The Kier molecular flexibility index (Phi) is 5.40. The third-order valence-corrected chi connectivity index (χ3v) is 4.84. The number of nitrogens with zero attached hydrogens (tertiary/aromatic N) is 5. The van der Waals surface area contributed by atoms with E-state index in [1.807, 2.05) is 55.4 Å². The number of nitrogens with one attached hydrogen (secondary N) is 1. The molecule has 4 rings (SSSR count). The maximum absolute atomic E-state index is 11.8. The summed E-state index contributed by atoms with van der Waals surface area (Å²) in [6.45, 7) is 0.603. The summed E-state index contributed by atoms with van der Waals surface area (Å²) in [6.07, 6.45) is 1.73. The van der Waals surface area contributed by atoms with Crippen LogP contribution < -0.4 is 20.7 Å². The van der Waals surface area contributed by atoms with Crippen LogP contribution in [0, 0.1) is 0 Å². The van der Waals surface area contributed by atoms with Gasteiger partial charge in [-0.1, -0.05) is 36.4 Å². The van der Waals surface area contributed by atoms with E-state index in [9.17, 15) is 4.79 Å². The van der Waals surface area contributed by atoms with Crippen LogP contribution in [-0.4, -0.2) is 46.6 Å². The van der Waals surface area contributed by atoms with Crippen molar-refractivity contribution in [3.05, 3.63) is 65.9 Å².